The van der Waals surface area contributed by atoms with Crippen molar-refractivity contribution < 1.29 is 4.58 Å². The summed E-state index contributed by atoms with van der Waals surface area (Å²) < 4.78 is 2.34. The topological polar surface area (TPSA) is 3.01 Å². The van der Waals surface area contributed by atoms with Crippen molar-refractivity contribution in [3.63, 3.8) is 0 Å². The first-order valence-corrected chi connectivity index (χ1v) is 7.67. The number of nitrogens with zero attached hydrogens (tertiary/aromatic N) is 1. The Morgan fingerprint density at radius 2 is 1.41 bits per heavy atom. The van der Waals surface area contributed by atoms with Gasteiger partial charge < -0.3 is 0 Å². The average Bonchev–Trinajstić information content (AvgIpc) is 2.72. The molecule has 0 aromatic heterocycles. The number of aryl methyl sites for hydroxylation is 1. The molecular formula is C21H18N+. The van der Waals surface area contributed by atoms with Crippen molar-refractivity contribution in [3.05, 3.63) is 89.5 Å². The van der Waals surface area contributed by atoms with Gasteiger partial charge in [-0.3, -0.25) is 0 Å². The van der Waals surface area contributed by atoms with Gasteiger partial charge in [0.05, 0.1) is 0 Å². The zero-order chi connectivity index (χ0) is 14.9. The zero-order valence-corrected chi connectivity index (χ0v) is 12.7. The molecule has 0 radical (unpaired) electrons. The fraction of sp³-hybridized carbons (Fsp3) is 0.0952. The van der Waals surface area contributed by atoms with E-state index in [0.717, 1.165) is 6.54 Å². The van der Waals surface area contributed by atoms with Gasteiger partial charge in [0.15, 0.2) is 12.8 Å². The molecule has 0 bridgehead atoms. The summed E-state index contributed by atoms with van der Waals surface area (Å²) in [5, 5.41) is 0. The molecule has 0 unspecified atom stereocenters. The average molecular weight is 284 g/mol. The van der Waals surface area contributed by atoms with Crippen molar-refractivity contribution >= 4 is 11.9 Å². The van der Waals surface area contributed by atoms with Gasteiger partial charge in [-0.1, -0.05) is 60.2 Å². The van der Waals surface area contributed by atoms with Gasteiger partial charge in [0.1, 0.15) is 0 Å². The second-order valence-electron chi connectivity index (χ2n) is 5.84. The molecule has 0 N–H and O–H groups in total. The zero-order valence-electron chi connectivity index (χ0n) is 12.7. The third-order valence-electron chi connectivity index (χ3n) is 4.27. The van der Waals surface area contributed by atoms with Crippen LogP contribution in [0.4, 0.5) is 5.69 Å². The highest BCUT2D eigenvalue weighted by Gasteiger charge is 2.20. The summed E-state index contributed by atoms with van der Waals surface area (Å²) in [6.45, 7) is 3.02. The Kier molecular flexibility index (Phi) is 3.12. The summed E-state index contributed by atoms with van der Waals surface area (Å²) in [5.74, 6) is 0. The first-order valence-electron chi connectivity index (χ1n) is 7.67. The normalized spacial score (nSPS) is 12.9. The minimum Gasteiger partial charge on any atom is -0.194 e. The maximum Gasteiger partial charge on any atom is 0.205 e. The molecule has 4 rings (SSSR count). The van der Waals surface area contributed by atoms with Crippen molar-refractivity contribution in [2.24, 2.45) is 0 Å². The minimum atomic E-state index is 0.897. The predicted octanol–water partition coefficient (Wildman–Crippen LogP) is 4.94. The Balaban J connectivity index is 1.93. The highest BCUT2D eigenvalue weighted by Crippen LogP contribution is 2.30. The van der Waals surface area contributed by atoms with E-state index in [0.29, 0.717) is 0 Å². The molecule has 0 fully saturated rings. The van der Waals surface area contributed by atoms with Gasteiger partial charge in [0.2, 0.25) is 5.69 Å². The third kappa shape index (κ3) is 2.25. The molecule has 3 aromatic rings. The van der Waals surface area contributed by atoms with Gasteiger partial charge in [0.25, 0.3) is 0 Å². The minimum absolute atomic E-state index is 0.897. The lowest BCUT2D eigenvalue weighted by Crippen LogP contribution is -2.06. The van der Waals surface area contributed by atoms with Crippen LogP contribution in [0.15, 0.2) is 72.8 Å². The molecule has 0 saturated carbocycles. The quantitative estimate of drug-likeness (QED) is 0.557. The molecule has 1 aliphatic rings. The van der Waals surface area contributed by atoms with E-state index >= 15 is 0 Å². The second kappa shape index (κ2) is 5.27. The predicted molar refractivity (Wildman–Crippen MR) is 91.8 cm³/mol. The Morgan fingerprint density at radius 1 is 0.727 bits per heavy atom. The Hall–Kier alpha value is -2.67. The number of rotatable bonds is 1. The summed E-state index contributed by atoms with van der Waals surface area (Å²) in [7, 11) is 0. The maximum absolute atomic E-state index is 2.34. The van der Waals surface area contributed by atoms with Crippen molar-refractivity contribution in [1.29, 1.82) is 0 Å². The number of hydrogen-bond donors (Lipinski definition) is 0. The van der Waals surface area contributed by atoms with E-state index in [1.165, 1.54) is 33.5 Å². The van der Waals surface area contributed by atoms with Crippen LogP contribution < -0.4 is 0 Å². The van der Waals surface area contributed by atoms with Crippen LogP contribution >= 0.6 is 0 Å². The van der Waals surface area contributed by atoms with Crippen LogP contribution in [0.2, 0.25) is 0 Å². The summed E-state index contributed by atoms with van der Waals surface area (Å²) in [6, 6.07) is 26.1. The van der Waals surface area contributed by atoms with Crippen LogP contribution in [0.3, 0.4) is 0 Å². The fourth-order valence-electron chi connectivity index (χ4n) is 3.07. The molecule has 0 saturated heterocycles. The van der Waals surface area contributed by atoms with Crippen LogP contribution in [-0.4, -0.2) is 10.8 Å². The van der Waals surface area contributed by atoms with Crippen molar-refractivity contribution in [2.75, 3.05) is 0 Å². The van der Waals surface area contributed by atoms with Crippen LogP contribution in [0.1, 0.15) is 16.7 Å². The number of benzene rings is 3. The van der Waals surface area contributed by atoms with Crippen LogP contribution in [0, 0.1) is 6.92 Å². The molecule has 1 heterocycles. The smallest absolute Gasteiger partial charge is 0.194 e. The second-order valence-corrected chi connectivity index (χ2v) is 5.84. The highest BCUT2D eigenvalue weighted by molar-refractivity contribution is 5.90. The first-order chi connectivity index (χ1) is 10.8. The summed E-state index contributed by atoms with van der Waals surface area (Å²) >= 11 is 0. The molecule has 0 spiro atoms. The van der Waals surface area contributed by atoms with E-state index < -0.39 is 0 Å². The van der Waals surface area contributed by atoms with Gasteiger partial charge in [-0.25, -0.2) is 0 Å². The van der Waals surface area contributed by atoms with E-state index in [4.69, 9.17) is 0 Å². The van der Waals surface area contributed by atoms with E-state index in [9.17, 15) is 0 Å². The molecule has 1 nitrogen and oxygen atoms in total. The van der Waals surface area contributed by atoms with Crippen molar-refractivity contribution in [3.8, 4) is 11.1 Å². The van der Waals surface area contributed by atoms with Crippen LogP contribution in [-0.2, 0) is 6.54 Å². The van der Waals surface area contributed by atoms with E-state index in [-0.39, 0.29) is 0 Å². The van der Waals surface area contributed by atoms with Crippen LogP contribution in [0.5, 0.6) is 0 Å². The molecule has 0 atom stereocenters. The van der Waals surface area contributed by atoms with Crippen LogP contribution in [0.25, 0.3) is 11.1 Å². The Bertz CT molecular complexity index is 857. The lowest BCUT2D eigenvalue weighted by Gasteiger charge is -2.06. The van der Waals surface area contributed by atoms with E-state index in [2.05, 4.69) is 90.5 Å². The van der Waals surface area contributed by atoms with E-state index in [1.54, 1.807) is 0 Å². The van der Waals surface area contributed by atoms with Gasteiger partial charge >= 0.3 is 0 Å². The Labute approximate surface area is 131 Å². The lowest BCUT2D eigenvalue weighted by atomic mass is 9.97. The molecule has 0 amide bonds. The molecule has 106 valence electrons. The Morgan fingerprint density at radius 3 is 2.23 bits per heavy atom. The maximum atomic E-state index is 2.34. The molecule has 1 aliphatic heterocycles. The van der Waals surface area contributed by atoms with Crippen molar-refractivity contribution in [2.45, 2.75) is 13.5 Å². The fourth-order valence-corrected chi connectivity index (χ4v) is 3.07. The molecular weight excluding hydrogens is 266 g/mol. The first kappa shape index (κ1) is 13.0. The molecule has 1 heteroatoms. The van der Waals surface area contributed by atoms with Crippen molar-refractivity contribution in [1.82, 2.24) is 0 Å². The SMILES string of the molecule is Cc1ccc([N+]2=Cc3ccccc3-c3ccccc3C2)cc1. The summed E-state index contributed by atoms with van der Waals surface area (Å²) in [6.07, 6.45) is 2.26. The summed E-state index contributed by atoms with van der Waals surface area (Å²) in [5.41, 5.74) is 7.81. The summed E-state index contributed by atoms with van der Waals surface area (Å²) in [4.78, 5) is 0. The molecule has 3 aromatic carbocycles. The van der Waals surface area contributed by atoms with Gasteiger partial charge in [0, 0.05) is 23.3 Å². The molecule has 22 heavy (non-hydrogen) atoms. The monoisotopic (exact) mass is 284 g/mol. The standard InChI is InChI=1S/C21H18N/c1-16-10-12-19(13-11-16)22-14-17-6-2-4-8-20(17)21-9-5-3-7-18(21)15-22/h2-14H,15H2,1H3/q+1. The number of fused-ring (bicyclic) bond motifs is 3. The highest BCUT2D eigenvalue weighted by atomic mass is 15.0. The largest absolute Gasteiger partial charge is 0.205 e. The van der Waals surface area contributed by atoms with E-state index in [1.807, 2.05) is 0 Å². The molecule has 0 aliphatic carbocycles. The van der Waals surface area contributed by atoms with Gasteiger partial charge in [-0.05, 0) is 24.1 Å². The van der Waals surface area contributed by atoms with Gasteiger partial charge in [-0.2, -0.15) is 4.58 Å². The lowest BCUT2D eigenvalue weighted by molar-refractivity contribution is -0.452. The van der Waals surface area contributed by atoms with Gasteiger partial charge in [-0.15, -0.1) is 0 Å². The number of hydrogen-bond acceptors (Lipinski definition) is 0. The third-order valence-corrected chi connectivity index (χ3v) is 4.27.